The number of carbonyl (C=O) groups excluding carboxylic acids is 1. The van der Waals surface area contributed by atoms with Crippen LogP contribution in [0.1, 0.15) is 42.1 Å². The highest BCUT2D eigenvalue weighted by Crippen LogP contribution is 2.16. The molecule has 0 fully saturated rings. The number of carboxylic acid groups (broad SMARTS) is 1. The smallest absolute Gasteiger partial charge is 0.306 e. The molecule has 0 unspecified atom stereocenters. The molecule has 0 saturated heterocycles. The summed E-state index contributed by atoms with van der Waals surface area (Å²) in [6.45, 7) is 2.27. The first-order valence-electron chi connectivity index (χ1n) is 8.43. The van der Waals surface area contributed by atoms with Crippen LogP contribution in [0.2, 0.25) is 0 Å². The van der Waals surface area contributed by atoms with Crippen LogP contribution in [0.5, 0.6) is 5.75 Å². The number of nitrogens with one attached hydrogen (secondary N) is 1. The van der Waals surface area contributed by atoms with Crippen molar-refractivity contribution in [2.24, 2.45) is 0 Å². The molecule has 2 rings (SSSR count). The van der Waals surface area contributed by atoms with E-state index >= 15 is 0 Å². The van der Waals surface area contributed by atoms with Crippen molar-refractivity contribution in [3.63, 3.8) is 0 Å². The van der Waals surface area contributed by atoms with Gasteiger partial charge in [-0.1, -0.05) is 25.5 Å². The third kappa shape index (κ3) is 6.30. The number of hydrogen-bond donors (Lipinski definition) is 2. The van der Waals surface area contributed by atoms with Crippen LogP contribution in [0.3, 0.4) is 0 Å². The number of carbonyl (C=O) groups is 2. The van der Waals surface area contributed by atoms with Crippen LogP contribution in [-0.2, 0) is 11.2 Å². The van der Waals surface area contributed by atoms with Gasteiger partial charge in [0.1, 0.15) is 5.75 Å². The number of hydrogen-bond acceptors (Lipinski definition) is 3. The molecule has 1 amide bonds. The maximum absolute atomic E-state index is 12.3. The first-order chi connectivity index (χ1) is 12.1. The summed E-state index contributed by atoms with van der Waals surface area (Å²) in [4.78, 5) is 22.7. The first-order valence-corrected chi connectivity index (χ1v) is 8.43. The van der Waals surface area contributed by atoms with Crippen LogP contribution in [0.15, 0.2) is 48.5 Å². The average Bonchev–Trinajstić information content (AvgIpc) is 2.61. The quantitative estimate of drug-likeness (QED) is 0.719. The van der Waals surface area contributed by atoms with Crippen LogP contribution in [0, 0.1) is 0 Å². The van der Waals surface area contributed by atoms with Crippen molar-refractivity contribution < 1.29 is 19.4 Å². The van der Waals surface area contributed by atoms with Crippen molar-refractivity contribution in [3.8, 4) is 5.75 Å². The van der Waals surface area contributed by atoms with Gasteiger partial charge in [-0.25, -0.2) is 0 Å². The van der Waals surface area contributed by atoms with Crippen molar-refractivity contribution in [3.05, 3.63) is 59.7 Å². The second-order valence-electron chi connectivity index (χ2n) is 5.77. The molecule has 0 aromatic heterocycles. The summed E-state index contributed by atoms with van der Waals surface area (Å²) >= 11 is 0. The molecule has 2 N–H and O–H groups in total. The molecule has 0 aliphatic rings. The molecule has 2 aromatic rings. The minimum atomic E-state index is -0.906. The van der Waals surface area contributed by atoms with Crippen molar-refractivity contribution >= 4 is 17.6 Å². The van der Waals surface area contributed by atoms with Crippen molar-refractivity contribution in [2.45, 2.75) is 32.6 Å². The number of aliphatic carboxylic acids is 1. The second kappa shape index (κ2) is 9.47. The third-order valence-electron chi connectivity index (χ3n) is 3.73. The van der Waals surface area contributed by atoms with Gasteiger partial charge in [-0.2, -0.15) is 0 Å². The van der Waals surface area contributed by atoms with E-state index in [-0.39, 0.29) is 18.9 Å². The number of ether oxygens (including phenoxy) is 1. The lowest BCUT2D eigenvalue weighted by molar-refractivity contribution is -0.137. The monoisotopic (exact) mass is 341 g/mol. The fourth-order valence-corrected chi connectivity index (χ4v) is 2.30. The fraction of sp³-hybridized carbons (Fsp3) is 0.300. The van der Waals surface area contributed by atoms with Gasteiger partial charge in [0, 0.05) is 11.3 Å². The third-order valence-corrected chi connectivity index (χ3v) is 3.73. The largest absolute Gasteiger partial charge is 0.493 e. The highest BCUT2D eigenvalue weighted by atomic mass is 16.5. The lowest BCUT2D eigenvalue weighted by atomic mass is 10.1. The number of carboxylic acids is 1. The Labute approximate surface area is 147 Å². The molecule has 0 aliphatic heterocycles. The van der Waals surface area contributed by atoms with E-state index < -0.39 is 5.97 Å². The molecule has 0 heterocycles. The van der Waals surface area contributed by atoms with Gasteiger partial charge in [0.05, 0.1) is 13.0 Å². The van der Waals surface area contributed by atoms with Crippen LogP contribution in [-0.4, -0.2) is 23.6 Å². The van der Waals surface area contributed by atoms with E-state index in [9.17, 15) is 9.59 Å². The minimum absolute atomic E-state index is 0.0590. The molecule has 0 aliphatic carbocycles. The Morgan fingerprint density at radius 2 is 1.72 bits per heavy atom. The molecular formula is C20H23NO4. The number of amides is 1. The Bertz CT molecular complexity index is 693. The zero-order valence-corrected chi connectivity index (χ0v) is 14.3. The Balaban J connectivity index is 1.88. The summed E-state index contributed by atoms with van der Waals surface area (Å²) in [5.74, 6) is -0.562. The van der Waals surface area contributed by atoms with Crippen molar-refractivity contribution in [1.29, 1.82) is 0 Å². The molecule has 0 bridgehead atoms. The van der Waals surface area contributed by atoms with Crippen molar-refractivity contribution in [2.75, 3.05) is 11.9 Å². The van der Waals surface area contributed by atoms with Gasteiger partial charge in [-0.3, -0.25) is 9.59 Å². The molecule has 0 spiro atoms. The zero-order valence-electron chi connectivity index (χ0n) is 14.3. The molecule has 0 radical (unpaired) electrons. The van der Waals surface area contributed by atoms with Crippen LogP contribution < -0.4 is 10.1 Å². The van der Waals surface area contributed by atoms with Gasteiger partial charge in [0.2, 0.25) is 0 Å². The topological polar surface area (TPSA) is 75.6 Å². The Hall–Kier alpha value is -2.82. The predicted molar refractivity (Wildman–Crippen MR) is 97.2 cm³/mol. The minimum Gasteiger partial charge on any atom is -0.493 e. The maximum Gasteiger partial charge on any atom is 0.306 e. The normalized spacial score (nSPS) is 10.3. The molecular weight excluding hydrogens is 318 g/mol. The van der Waals surface area contributed by atoms with E-state index in [0.717, 1.165) is 24.9 Å². The molecule has 25 heavy (non-hydrogen) atoms. The standard InChI is InChI=1S/C20H23NO4/c1-2-3-4-15-5-9-17(10-6-15)21-20(24)16-7-11-18(12-8-16)25-14-13-19(22)23/h5-12H,2-4,13-14H2,1H3,(H,21,24)(H,22,23). The lowest BCUT2D eigenvalue weighted by Gasteiger charge is -2.08. The zero-order chi connectivity index (χ0) is 18.1. The summed E-state index contributed by atoms with van der Waals surface area (Å²) in [5, 5.41) is 11.4. The molecule has 132 valence electrons. The molecule has 5 heteroatoms. The van der Waals surface area contributed by atoms with Crippen LogP contribution >= 0.6 is 0 Å². The van der Waals surface area contributed by atoms with Crippen LogP contribution in [0.25, 0.3) is 0 Å². The Kier molecular flexibility index (Phi) is 7.01. The average molecular weight is 341 g/mol. The fourth-order valence-electron chi connectivity index (χ4n) is 2.30. The van der Waals surface area contributed by atoms with E-state index in [0.29, 0.717) is 11.3 Å². The van der Waals surface area contributed by atoms with Gasteiger partial charge in [-0.15, -0.1) is 0 Å². The summed E-state index contributed by atoms with van der Waals surface area (Å²) in [6, 6.07) is 14.5. The Morgan fingerprint density at radius 1 is 1.04 bits per heavy atom. The predicted octanol–water partition coefficient (Wildman–Crippen LogP) is 4.14. The molecule has 5 nitrogen and oxygen atoms in total. The summed E-state index contributed by atoms with van der Waals surface area (Å²) in [5.41, 5.74) is 2.54. The molecule has 0 saturated carbocycles. The highest BCUT2D eigenvalue weighted by Gasteiger charge is 2.07. The van der Waals surface area contributed by atoms with Gasteiger partial charge in [0.25, 0.3) is 5.91 Å². The summed E-state index contributed by atoms with van der Waals surface area (Å²) < 4.78 is 5.30. The summed E-state index contributed by atoms with van der Waals surface area (Å²) in [7, 11) is 0. The Morgan fingerprint density at radius 3 is 2.32 bits per heavy atom. The first kappa shape index (κ1) is 18.5. The summed E-state index contributed by atoms with van der Waals surface area (Å²) in [6.07, 6.45) is 3.31. The van der Waals surface area contributed by atoms with Gasteiger partial charge in [0.15, 0.2) is 0 Å². The number of anilines is 1. The number of benzene rings is 2. The van der Waals surface area contributed by atoms with Gasteiger partial charge in [-0.05, 0) is 54.8 Å². The molecule has 2 aromatic carbocycles. The van der Waals surface area contributed by atoms with Crippen LogP contribution in [0.4, 0.5) is 5.69 Å². The van der Waals surface area contributed by atoms with Gasteiger partial charge >= 0.3 is 5.97 Å². The van der Waals surface area contributed by atoms with Crippen molar-refractivity contribution in [1.82, 2.24) is 0 Å². The number of aryl methyl sites for hydroxylation is 1. The lowest BCUT2D eigenvalue weighted by Crippen LogP contribution is -2.12. The highest BCUT2D eigenvalue weighted by molar-refractivity contribution is 6.04. The van der Waals surface area contributed by atoms with E-state index in [1.54, 1.807) is 24.3 Å². The van der Waals surface area contributed by atoms with Gasteiger partial charge < -0.3 is 15.2 Å². The van der Waals surface area contributed by atoms with E-state index in [1.807, 2.05) is 24.3 Å². The SMILES string of the molecule is CCCCc1ccc(NC(=O)c2ccc(OCCC(=O)O)cc2)cc1. The van der Waals surface area contributed by atoms with E-state index in [4.69, 9.17) is 9.84 Å². The van der Waals surface area contributed by atoms with E-state index in [1.165, 1.54) is 5.56 Å². The number of unbranched alkanes of at least 4 members (excludes halogenated alkanes) is 1. The second-order valence-corrected chi connectivity index (χ2v) is 5.77. The number of rotatable bonds is 9. The molecule has 0 atom stereocenters. The van der Waals surface area contributed by atoms with E-state index in [2.05, 4.69) is 12.2 Å². The maximum atomic E-state index is 12.3.